The Balaban J connectivity index is 1.58. The number of fused-ring (bicyclic) bond motifs is 1. The Labute approximate surface area is 170 Å². The number of carbonyl (C=O) groups is 1. The molecule has 3 aromatic rings. The van der Waals surface area contributed by atoms with Crippen LogP contribution in [0.4, 0.5) is 0 Å². The van der Waals surface area contributed by atoms with E-state index in [9.17, 15) is 4.79 Å². The summed E-state index contributed by atoms with van der Waals surface area (Å²) in [6, 6.07) is 15.6. The van der Waals surface area contributed by atoms with E-state index in [2.05, 4.69) is 10.3 Å². The summed E-state index contributed by atoms with van der Waals surface area (Å²) in [4.78, 5) is 16.8. The third-order valence-electron chi connectivity index (χ3n) is 4.77. The van der Waals surface area contributed by atoms with Crippen LogP contribution in [0.3, 0.4) is 0 Å². The second kappa shape index (κ2) is 9.89. The van der Waals surface area contributed by atoms with Crippen molar-refractivity contribution in [3.05, 3.63) is 65.9 Å². The summed E-state index contributed by atoms with van der Waals surface area (Å²) >= 11 is 0. The summed E-state index contributed by atoms with van der Waals surface area (Å²) in [6.07, 6.45) is 1.70. The Bertz CT molecular complexity index is 957. The molecular weight excluding hydrogens is 368 g/mol. The van der Waals surface area contributed by atoms with E-state index < -0.39 is 0 Å². The van der Waals surface area contributed by atoms with Gasteiger partial charge < -0.3 is 19.5 Å². The maximum absolute atomic E-state index is 12.6. The Kier molecular flexibility index (Phi) is 7.03. The van der Waals surface area contributed by atoms with Gasteiger partial charge >= 0.3 is 0 Å². The van der Waals surface area contributed by atoms with E-state index in [4.69, 9.17) is 14.2 Å². The van der Waals surface area contributed by atoms with Crippen molar-refractivity contribution in [2.45, 2.75) is 19.4 Å². The third-order valence-corrected chi connectivity index (χ3v) is 4.77. The predicted molar refractivity (Wildman–Crippen MR) is 112 cm³/mol. The maximum Gasteiger partial charge on any atom is 0.227 e. The van der Waals surface area contributed by atoms with Crippen LogP contribution in [0.5, 0.6) is 11.6 Å². The summed E-state index contributed by atoms with van der Waals surface area (Å²) in [5, 5.41) is 5.14. The van der Waals surface area contributed by atoms with E-state index in [1.54, 1.807) is 26.5 Å². The second-order valence-corrected chi connectivity index (χ2v) is 6.76. The summed E-state index contributed by atoms with van der Waals surface area (Å²) < 4.78 is 15.6. The number of rotatable bonds is 9. The van der Waals surface area contributed by atoms with Gasteiger partial charge in [-0.1, -0.05) is 30.3 Å². The molecule has 1 amide bonds. The lowest BCUT2D eigenvalue weighted by atomic mass is 9.97. The van der Waals surface area contributed by atoms with Crippen LogP contribution in [0.25, 0.3) is 10.8 Å². The normalized spacial score (nSPS) is 11.8. The van der Waals surface area contributed by atoms with Gasteiger partial charge in [0.1, 0.15) is 12.4 Å². The first-order valence-electron chi connectivity index (χ1n) is 9.53. The first-order chi connectivity index (χ1) is 14.1. The molecule has 2 aromatic carbocycles. The molecule has 0 spiro atoms. The Morgan fingerprint density at radius 1 is 1.03 bits per heavy atom. The molecule has 0 aliphatic carbocycles. The zero-order valence-corrected chi connectivity index (χ0v) is 17.0. The zero-order valence-electron chi connectivity index (χ0n) is 17.0. The maximum atomic E-state index is 12.6. The molecule has 1 atom stereocenters. The van der Waals surface area contributed by atoms with Gasteiger partial charge in [-0.3, -0.25) is 4.79 Å². The van der Waals surface area contributed by atoms with Crippen LogP contribution in [-0.4, -0.2) is 38.3 Å². The van der Waals surface area contributed by atoms with Crippen LogP contribution >= 0.6 is 0 Å². The van der Waals surface area contributed by atoms with Gasteiger partial charge in [0, 0.05) is 25.9 Å². The van der Waals surface area contributed by atoms with Gasteiger partial charge in [0.05, 0.1) is 19.6 Å². The van der Waals surface area contributed by atoms with Gasteiger partial charge in [-0.25, -0.2) is 4.98 Å². The number of methoxy groups -OCH3 is 2. The third kappa shape index (κ3) is 5.45. The fourth-order valence-corrected chi connectivity index (χ4v) is 2.96. The molecule has 3 rings (SSSR count). The smallest absolute Gasteiger partial charge is 0.227 e. The first-order valence-corrected chi connectivity index (χ1v) is 9.53. The number of amides is 1. The molecule has 29 heavy (non-hydrogen) atoms. The molecule has 0 saturated carbocycles. The minimum atomic E-state index is -0.258. The number of carbonyl (C=O) groups excluding carboxylic acids is 1. The fourth-order valence-electron chi connectivity index (χ4n) is 2.96. The molecule has 0 bridgehead atoms. The molecule has 1 heterocycles. The van der Waals surface area contributed by atoms with Gasteiger partial charge in [0.15, 0.2) is 0 Å². The quantitative estimate of drug-likeness (QED) is 0.561. The lowest BCUT2D eigenvalue weighted by Crippen LogP contribution is -2.27. The molecule has 1 aromatic heterocycles. The van der Waals surface area contributed by atoms with Crippen molar-refractivity contribution in [3.8, 4) is 11.6 Å². The van der Waals surface area contributed by atoms with E-state index in [-0.39, 0.29) is 11.8 Å². The number of aromatic nitrogens is 1. The monoisotopic (exact) mass is 394 g/mol. The van der Waals surface area contributed by atoms with Gasteiger partial charge in [0.25, 0.3) is 0 Å². The molecule has 0 fully saturated rings. The lowest BCUT2D eigenvalue weighted by molar-refractivity contribution is -0.122. The van der Waals surface area contributed by atoms with Gasteiger partial charge in [-0.15, -0.1) is 0 Å². The van der Waals surface area contributed by atoms with Gasteiger partial charge in [-0.05, 0) is 41.0 Å². The highest BCUT2D eigenvalue weighted by molar-refractivity contribution is 5.88. The van der Waals surface area contributed by atoms with E-state index in [0.717, 1.165) is 27.6 Å². The molecular formula is C23H26N2O4. The molecule has 6 heteroatoms. The highest BCUT2D eigenvalue weighted by atomic mass is 16.5. The predicted octanol–water partition coefficient (Wildman–Crippen LogP) is 3.69. The van der Waals surface area contributed by atoms with Crippen LogP contribution in [0.1, 0.15) is 24.0 Å². The SMILES string of the molecule is COCCOc1ccc(CNC(=O)[C@@H](C)c2ccc3cc(OC)ccc3c2)cn1. The molecule has 0 saturated heterocycles. The van der Waals surface area contributed by atoms with E-state index in [0.29, 0.717) is 25.6 Å². The second-order valence-electron chi connectivity index (χ2n) is 6.76. The Morgan fingerprint density at radius 2 is 1.83 bits per heavy atom. The van der Waals surface area contributed by atoms with Gasteiger partial charge in [0.2, 0.25) is 11.8 Å². The minimum Gasteiger partial charge on any atom is -0.497 e. The van der Waals surface area contributed by atoms with Crippen molar-refractivity contribution in [1.82, 2.24) is 10.3 Å². The van der Waals surface area contributed by atoms with Crippen molar-refractivity contribution in [2.24, 2.45) is 0 Å². The van der Waals surface area contributed by atoms with Gasteiger partial charge in [-0.2, -0.15) is 0 Å². The van der Waals surface area contributed by atoms with Crippen molar-refractivity contribution in [2.75, 3.05) is 27.4 Å². The number of hydrogen-bond donors (Lipinski definition) is 1. The molecule has 1 N–H and O–H groups in total. The first kappa shape index (κ1) is 20.6. The van der Waals surface area contributed by atoms with Crippen molar-refractivity contribution in [3.63, 3.8) is 0 Å². The lowest BCUT2D eigenvalue weighted by Gasteiger charge is -2.14. The largest absolute Gasteiger partial charge is 0.497 e. The van der Waals surface area contributed by atoms with Crippen LogP contribution in [0.2, 0.25) is 0 Å². The van der Waals surface area contributed by atoms with Crippen LogP contribution in [0, 0.1) is 0 Å². The van der Waals surface area contributed by atoms with Crippen LogP contribution in [0.15, 0.2) is 54.7 Å². The molecule has 0 aliphatic heterocycles. The topological polar surface area (TPSA) is 69.7 Å². The molecule has 152 valence electrons. The average molecular weight is 394 g/mol. The zero-order chi connectivity index (χ0) is 20.6. The number of pyridine rings is 1. The van der Waals surface area contributed by atoms with Crippen molar-refractivity contribution >= 4 is 16.7 Å². The highest BCUT2D eigenvalue weighted by Crippen LogP contribution is 2.25. The summed E-state index contributed by atoms with van der Waals surface area (Å²) in [5.74, 6) is 1.07. The van der Waals surface area contributed by atoms with Crippen molar-refractivity contribution < 1.29 is 19.0 Å². The molecule has 6 nitrogen and oxygen atoms in total. The Morgan fingerprint density at radius 3 is 2.55 bits per heavy atom. The van der Waals surface area contributed by atoms with E-state index in [1.165, 1.54) is 0 Å². The number of benzene rings is 2. The summed E-state index contributed by atoms with van der Waals surface area (Å²) in [7, 11) is 3.28. The van der Waals surface area contributed by atoms with Crippen LogP contribution in [-0.2, 0) is 16.1 Å². The molecule has 0 radical (unpaired) electrons. The number of ether oxygens (including phenoxy) is 3. The van der Waals surface area contributed by atoms with E-state index >= 15 is 0 Å². The number of nitrogens with zero attached hydrogens (tertiary/aromatic N) is 1. The van der Waals surface area contributed by atoms with Crippen molar-refractivity contribution in [1.29, 1.82) is 0 Å². The number of hydrogen-bond acceptors (Lipinski definition) is 5. The van der Waals surface area contributed by atoms with E-state index in [1.807, 2.05) is 49.4 Å². The molecule has 0 aliphatic rings. The standard InChI is InChI=1S/C23H26N2O4/c1-16(18-5-6-20-13-21(28-3)8-7-19(20)12-18)23(26)25-15-17-4-9-22(24-14-17)29-11-10-27-2/h4-9,12-14,16H,10-11,15H2,1-3H3,(H,25,26)/t16-/m0/s1. The number of nitrogens with one attached hydrogen (secondary N) is 1. The van der Waals surface area contributed by atoms with Crippen LogP contribution < -0.4 is 14.8 Å². The summed E-state index contributed by atoms with van der Waals surface area (Å²) in [5.41, 5.74) is 1.88. The fraction of sp³-hybridized carbons (Fsp3) is 0.304. The highest BCUT2D eigenvalue weighted by Gasteiger charge is 2.15. The molecule has 0 unspecified atom stereocenters. The summed E-state index contributed by atoms with van der Waals surface area (Å²) in [6.45, 7) is 3.29. The Hall–Kier alpha value is -3.12. The minimum absolute atomic E-state index is 0.0294. The average Bonchev–Trinajstić information content (AvgIpc) is 2.77.